The van der Waals surface area contributed by atoms with E-state index in [9.17, 15) is 14.0 Å². The molecule has 1 unspecified atom stereocenters. The summed E-state index contributed by atoms with van der Waals surface area (Å²) in [5.41, 5.74) is 0.562. The maximum absolute atomic E-state index is 13.6. The van der Waals surface area contributed by atoms with E-state index in [1.165, 1.54) is 23.5 Å². The van der Waals surface area contributed by atoms with E-state index in [1.54, 1.807) is 30.5 Å². The predicted molar refractivity (Wildman–Crippen MR) is 73.3 cm³/mol. The molecular weight excluding hydrogens is 281 g/mol. The molecule has 0 fully saturated rings. The Kier molecular flexibility index (Phi) is 4.14. The lowest BCUT2D eigenvalue weighted by Crippen LogP contribution is -2.33. The van der Waals surface area contributed by atoms with Crippen LogP contribution in [0.2, 0.25) is 0 Å². The second-order valence-electron chi connectivity index (χ2n) is 4.24. The minimum Gasteiger partial charge on any atom is -0.479 e. The Labute approximate surface area is 118 Å². The van der Waals surface area contributed by atoms with Crippen LogP contribution in [0.25, 0.3) is 0 Å². The number of carboxylic acid groups (broad SMARTS) is 1. The second kappa shape index (κ2) is 5.83. The fraction of sp³-hybridized carbons (Fsp3) is 0.143. The first-order valence-electron chi connectivity index (χ1n) is 5.82. The molecule has 0 aliphatic rings. The quantitative estimate of drug-likeness (QED) is 0.911. The largest absolute Gasteiger partial charge is 0.479 e. The third kappa shape index (κ3) is 3.03. The zero-order valence-corrected chi connectivity index (χ0v) is 11.4. The lowest BCUT2D eigenvalue weighted by molar-refractivity contribution is -0.139. The number of halogens is 1. The Bertz CT molecular complexity index is 640. The summed E-state index contributed by atoms with van der Waals surface area (Å²) >= 11 is 1.21. The van der Waals surface area contributed by atoms with Crippen LogP contribution in [-0.2, 0) is 4.79 Å². The van der Waals surface area contributed by atoms with Crippen LogP contribution >= 0.6 is 11.3 Å². The number of aliphatic carboxylic acids is 1. The Morgan fingerprint density at radius 2 is 2.10 bits per heavy atom. The van der Waals surface area contributed by atoms with Crippen molar-refractivity contribution in [2.75, 3.05) is 0 Å². The van der Waals surface area contributed by atoms with Gasteiger partial charge in [-0.1, -0.05) is 17.7 Å². The van der Waals surface area contributed by atoms with Gasteiger partial charge < -0.3 is 10.4 Å². The first-order chi connectivity index (χ1) is 9.49. The highest BCUT2D eigenvalue weighted by Crippen LogP contribution is 2.20. The molecule has 4 nitrogen and oxygen atoms in total. The average Bonchev–Trinajstić information content (AvgIpc) is 2.91. The van der Waals surface area contributed by atoms with E-state index in [4.69, 9.17) is 5.11 Å². The van der Waals surface area contributed by atoms with Crippen molar-refractivity contribution in [2.45, 2.75) is 13.0 Å². The summed E-state index contributed by atoms with van der Waals surface area (Å²) in [6.45, 7) is 1.73. The third-order valence-corrected chi connectivity index (χ3v) is 3.65. The van der Waals surface area contributed by atoms with Crippen molar-refractivity contribution in [3.63, 3.8) is 0 Å². The standard InChI is InChI=1S/C14H12FNO3S/c1-8-4-5-10(15)9(7-8)13(17)16-12(14(18)19)11-3-2-6-20-11/h2-7,12H,1H3,(H,16,17)(H,18,19). The predicted octanol–water partition coefficient (Wildman–Crippen LogP) is 2.75. The van der Waals surface area contributed by atoms with E-state index in [-0.39, 0.29) is 5.56 Å². The first kappa shape index (κ1) is 14.2. The summed E-state index contributed by atoms with van der Waals surface area (Å²) in [6, 6.07) is 6.23. The molecule has 0 saturated heterocycles. The van der Waals surface area contributed by atoms with Crippen molar-refractivity contribution < 1.29 is 19.1 Å². The van der Waals surface area contributed by atoms with Gasteiger partial charge in [-0.3, -0.25) is 4.79 Å². The number of hydrogen-bond acceptors (Lipinski definition) is 3. The van der Waals surface area contributed by atoms with Gasteiger partial charge >= 0.3 is 5.97 Å². The number of carbonyl (C=O) groups is 2. The minimum atomic E-state index is -1.19. The summed E-state index contributed by atoms with van der Waals surface area (Å²) in [5.74, 6) is -2.61. The fourth-order valence-electron chi connectivity index (χ4n) is 1.73. The fourth-order valence-corrected chi connectivity index (χ4v) is 2.50. The second-order valence-corrected chi connectivity index (χ2v) is 5.22. The topological polar surface area (TPSA) is 66.4 Å². The number of carbonyl (C=O) groups excluding carboxylic acids is 1. The van der Waals surface area contributed by atoms with Crippen molar-refractivity contribution in [3.05, 3.63) is 57.5 Å². The van der Waals surface area contributed by atoms with E-state index >= 15 is 0 Å². The van der Waals surface area contributed by atoms with Crippen LogP contribution in [0, 0.1) is 12.7 Å². The lowest BCUT2D eigenvalue weighted by atomic mass is 10.1. The molecule has 1 aromatic carbocycles. The normalized spacial score (nSPS) is 11.9. The molecule has 2 N–H and O–H groups in total. The summed E-state index contributed by atoms with van der Waals surface area (Å²) in [5, 5.41) is 13.2. The van der Waals surface area contributed by atoms with Gasteiger partial charge in [-0.15, -0.1) is 11.3 Å². The van der Waals surface area contributed by atoms with Crippen LogP contribution in [0.3, 0.4) is 0 Å². The van der Waals surface area contributed by atoms with Gasteiger partial charge in [0.1, 0.15) is 5.82 Å². The average molecular weight is 293 g/mol. The third-order valence-electron chi connectivity index (χ3n) is 2.72. The van der Waals surface area contributed by atoms with E-state index in [0.717, 1.165) is 5.56 Å². The van der Waals surface area contributed by atoms with Gasteiger partial charge in [-0.05, 0) is 30.5 Å². The van der Waals surface area contributed by atoms with Gasteiger partial charge in [0.2, 0.25) is 0 Å². The zero-order chi connectivity index (χ0) is 14.7. The number of benzene rings is 1. The van der Waals surface area contributed by atoms with Crippen LogP contribution in [0.5, 0.6) is 0 Å². The molecule has 0 radical (unpaired) electrons. The highest BCUT2D eigenvalue weighted by molar-refractivity contribution is 7.10. The molecular formula is C14H12FNO3S. The highest BCUT2D eigenvalue weighted by Gasteiger charge is 2.24. The Balaban J connectivity index is 2.25. The monoisotopic (exact) mass is 293 g/mol. The molecule has 104 valence electrons. The van der Waals surface area contributed by atoms with Crippen molar-refractivity contribution in [1.29, 1.82) is 0 Å². The number of hydrogen-bond donors (Lipinski definition) is 2. The molecule has 2 rings (SSSR count). The van der Waals surface area contributed by atoms with E-state index in [1.807, 2.05) is 0 Å². The molecule has 1 heterocycles. The molecule has 0 aliphatic carbocycles. The first-order valence-corrected chi connectivity index (χ1v) is 6.70. The maximum Gasteiger partial charge on any atom is 0.331 e. The summed E-state index contributed by atoms with van der Waals surface area (Å²) < 4.78 is 13.6. The van der Waals surface area contributed by atoms with Gasteiger partial charge in [0.05, 0.1) is 5.56 Å². The molecule has 2 aromatic rings. The highest BCUT2D eigenvalue weighted by atomic mass is 32.1. The number of aryl methyl sites for hydroxylation is 1. The summed E-state index contributed by atoms with van der Waals surface area (Å²) in [7, 11) is 0. The van der Waals surface area contributed by atoms with Crippen molar-refractivity contribution in [2.24, 2.45) is 0 Å². The van der Waals surface area contributed by atoms with Crippen molar-refractivity contribution >= 4 is 23.2 Å². The smallest absolute Gasteiger partial charge is 0.331 e. The van der Waals surface area contributed by atoms with Gasteiger partial charge in [-0.2, -0.15) is 0 Å². The lowest BCUT2D eigenvalue weighted by Gasteiger charge is -2.13. The van der Waals surface area contributed by atoms with Crippen LogP contribution in [0.1, 0.15) is 26.8 Å². The van der Waals surface area contributed by atoms with Crippen molar-refractivity contribution in [1.82, 2.24) is 5.32 Å². The van der Waals surface area contributed by atoms with Crippen molar-refractivity contribution in [3.8, 4) is 0 Å². The van der Waals surface area contributed by atoms with Crippen LogP contribution in [0.4, 0.5) is 4.39 Å². The molecule has 0 saturated carbocycles. The van der Waals surface area contributed by atoms with Crippen LogP contribution in [-0.4, -0.2) is 17.0 Å². The molecule has 6 heteroatoms. The number of thiophene rings is 1. The van der Waals surface area contributed by atoms with Crippen LogP contribution < -0.4 is 5.32 Å². The number of nitrogens with one attached hydrogen (secondary N) is 1. The van der Waals surface area contributed by atoms with Gasteiger partial charge in [0, 0.05) is 4.88 Å². The van der Waals surface area contributed by atoms with Gasteiger partial charge in [0.25, 0.3) is 5.91 Å². The maximum atomic E-state index is 13.6. The molecule has 20 heavy (non-hydrogen) atoms. The number of rotatable bonds is 4. The SMILES string of the molecule is Cc1ccc(F)c(C(=O)NC(C(=O)O)c2cccs2)c1. The molecule has 0 aliphatic heterocycles. The Hall–Kier alpha value is -2.21. The van der Waals surface area contributed by atoms with Crippen LogP contribution in [0.15, 0.2) is 35.7 Å². The van der Waals surface area contributed by atoms with Gasteiger partial charge in [-0.25, -0.2) is 9.18 Å². The Morgan fingerprint density at radius 3 is 2.70 bits per heavy atom. The molecule has 0 spiro atoms. The molecule has 0 bridgehead atoms. The summed E-state index contributed by atoms with van der Waals surface area (Å²) in [4.78, 5) is 23.7. The molecule has 1 atom stereocenters. The zero-order valence-electron chi connectivity index (χ0n) is 10.6. The Morgan fingerprint density at radius 1 is 1.35 bits per heavy atom. The van der Waals surface area contributed by atoms with Gasteiger partial charge in [0.15, 0.2) is 6.04 Å². The van der Waals surface area contributed by atoms with E-state index in [0.29, 0.717) is 4.88 Å². The van der Waals surface area contributed by atoms with E-state index < -0.39 is 23.7 Å². The molecule has 1 amide bonds. The van der Waals surface area contributed by atoms with E-state index in [2.05, 4.69) is 5.32 Å². The molecule has 1 aromatic heterocycles. The number of amides is 1. The number of carboxylic acids is 1. The summed E-state index contributed by atoms with van der Waals surface area (Å²) in [6.07, 6.45) is 0. The minimum absolute atomic E-state index is 0.159.